The molecule has 19 heavy (non-hydrogen) atoms. The van der Waals surface area contributed by atoms with Gasteiger partial charge >= 0.3 is 0 Å². The van der Waals surface area contributed by atoms with Crippen molar-refractivity contribution in [3.05, 3.63) is 54.1 Å². The van der Waals surface area contributed by atoms with Crippen LogP contribution in [0.3, 0.4) is 0 Å². The standard InChI is InChI=1S/C15H16N2O2/c1-10(2)9-19-13-8-7-11-5-3-4-6-12(11)14(13)15(16)17-18/h3-8,18H,1,9H2,2H3,(H2,16,17). The van der Waals surface area contributed by atoms with Gasteiger partial charge in [0.25, 0.3) is 0 Å². The molecule has 3 N–H and O–H groups in total. The Morgan fingerprint density at radius 1 is 1.32 bits per heavy atom. The third kappa shape index (κ3) is 2.68. The summed E-state index contributed by atoms with van der Waals surface area (Å²) in [4.78, 5) is 0. The fourth-order valence-electron chi connectivity index (χ4n) is 1.89. The minimum absolute atomic E-state index is 0.0357. The lowest BCUT2D eigenvalue weighted by Gasteiger charge is -2.13. The Balaban J connectivity index is 2.60. The average molecular weight is 256 g/mol. The topological polar surface area (TPSA) is 67.8 Å². The highest BCUT2D eigenvalue weighted by molar-refractivity contribution is 6.11. The van der Waals surface area contributed by atoms with Gasteiger partial charge in [0.1, 0.15) is 12.4 Å². The van der Waals surface area contributed by atoms with E-state index < -0.39 is 0 Å². The van der Waals surface area contributed by atoms with Gasteiger partial charge in [0.15, 0.2) is 5.84 Å². The van der Waals surface area contributed by atoms with Crippen LogP contribution in [0.5, 0.6) is 5.75 Å². The fraction of sp³-hybridized carbons (Fsp3) is 0.133. The minimum atomic E-state index is 0.0357. The first kappa shape index (κ1) is 13.0. The molecule has 0 aliphatic carbocycles. The molecule has 0 spiro atoms. The van der Waals surface area contributed by atoms with Crippen LogP contribution in [0.25, 0.3) is 10.8 Å². The van der Waals surface area contributed by atoms with E-state index in [9.17, 15) is 0 Å². The molecule has 0 aromatic heterocycles. The zero-order chi connectivity index (χ0) is 13.8. The van der Waals surface area contributed by atoms with Gasteiger partial charge < -0.3 is 15.7 Å². The molecular weight excluding hydrogens is 240 g/mol. The fourth-order valence-corrected chi connectivity index (χ4v) is 1.89. The molecule has 0 saturated heterocycles. The van der Waals surface area contributed by atoms with Crippen molar-refractivity contribution >= 4 is 16.6 Å². The first-order valence-corrected chi connectivity index (χ1v) is 5.90. The van der Waals surface area contributed by atoms with Crippen LogP contribution in [0.4, 0.5) is 0 Å². The second-order valence-electron chi connectivity index (χ2n) is 4.39. The molecule has 0 heterocycles. The monoisotopic (exact) mass is 256 g/mol. The van der Waals surface area contributed by atoms with Crippen molar-refractivity contribution in [2.24, 2.45) is 10.9 Å². The van der Waals surface area contributed by atoms with E-state index in [0.29, 0.717) is 17.9 Å². The lowest BCUT2D eigenvalue weighted by atomic mass is 10.0. The molecule has 2 rings (SSSR count). The largest absolute Gasteiger partial charge is 0.488 e. The third-order valence-corrected chi connectivity index (χ3v) is 2.73. The molecule has 4 nitrogen and oxygen atoms in total. The smallest absolute Gasteiger partial charge is 0.174 e. The van der Waals surface area contributed by atoms with E-state index >= 15 is 0 Å². The summed E-state index contributed by atoms with van der Waals surface area (Å²) in [6, 6.07) is 11.5. The quantitative estimate of drug-likeness (QED) is 0.290. The normalized spacial score (nSPS) is 11.5. The van der Waals surface area contributed by atoms with Crippen molar-refractivity contribution in [3.63, 3.8) is 0 Å². The minimum Gasteiger partial charge on any atom is -0.488 e. The van der Waals surface area contributed by atoms with E-state index in [-0.39, 0.29) is 5.84 Å². The Kier molecular flexibility index (Phi) is 3.71. The van der Waals surface area contributed by atoms with E-state index in [1.165, 1.54) is 0 Å². The number of amidine groups is 1. The molecule has 0 fully saturated rings. The highest BCUT2D eigenvalue weighted by atomic mass is 16.5. The number of rotatable bonds is 4. The Hall–Kier alpha value is -2.49. The first-order chi connectivity index (χ1) is 9.13. The molecule has 0 amide bonds. The van der Waals surface area contributed by atoms with Crippen LogP contribution in [-0.4, -0.2) is 17.6 Å². The molecule has 2 aromatic rings. The lowest BCUT2D eigenvalue weighted by molar-refractivity contribution is 0.317. The number of nitrogens with zero attached hydrogens (tertiary/aromatic N) is 1. The second-order valence-corrected chi connectivity index (χ2v) is 4.39. The highest BCUT2D eigenvalue weighted by Crippen LogP contribution is 2.28. The molecule has 4 heteroatoms. The van der Waals surface area contributed by atoms with Crippen LogP contribution in [0.2, 0.25) is 0 Å². The van der Waals surface area contributed by atoms with Crippen molar-refractivity contribution in [1.29, 1.82) is 0 Å². The Morgan fingerprint density at radius 3 is 2.74 bits per heavy atom. The average Bonchev–Trinajstić information content (AvgIpc) is 2.43. The first-order valence-electron chi connectivity index (χ1n) is 5.90. The third-order valence-electron chi connectivity index (χ3n) is 2.73. The van der Waals surface area contributed by atoms with Crippen LogP contribution < -0.4 is 10.5 Å². The number of oxime groups is 1. The summed E-state index contributed by atoms with van der Waals surface area (Å²) in [6.45, 7) is 6.06. The molecule has 0 bridgehead atoms. The van der Waals surface area contributed by atoms with Gasteiger partial charge in [-0.15, -0.1) is 0 Å². The molecule has 98 valence electrons. The van der Waals surface area contributed by atoms with E-state index in [1.807, 2.05) is 43.3 Å². The second kappa shape index (κ2) is 5.44. The van der Waals surface area contributed by atoms with Gasteiger partial charge in [-0.2, -0.15) is 0 Å². The van der Waals surface area contributed by atoms with Crippen LogP contribution in [0.1, 0.15) is 12.5 Å². The van der Waals surface area contributed by atoms with Crippen molar-refractivity contribution in [3.8, 4) is 5.75 Å². The summed E-state index contributed by atoms with van der Waals surface area (Å²) in [5.74, 6) is 0.616. The molecule has 0 radical (unpaired) electrons. The molecule has 0 saturated carbocycles. The predicted octanol–water partition coefficient (Wildman–Crippen LogP) is 2.89. The number of ether oxygens (including phenoxy) is 1. The van der Waals surface area contributed by atoms with Gasteiger partial charge in [0.05, 0.1) is 5.56 Å². The molecule has 0 aliphatic heterocycles. The molecule has 0 unspecified atom stereocenters. The maximum atomic E-state index is 8.94. The van der Waals surface area contributed by atoms with Crippen molar-refractivity contribution in [1.82, 2.24) is 0 Å². The van der Waals surface area contributed by atoms with E-state index in [0.717, 1.165) is 16.3 Å². The summed E-state index contributed by atoms with van der Waals surface area (Å²) >= 11 is 0. The van der Waals surface area contributed by atoms with Crippen LogP contribution >= 0.6 is 0 Å². The summed E-state index contributed by atoms with van der Waals surface area (Å²) in [5.41, 5.74) is 7.27. The molecular formula is C15H16N2O2. The van der Waals surface area contributed by atoms with Gasteiger partial charge in [0, 0.05) is 0 Å². The molecule has 2 aromatic carbocycles. The van der Waals surface area contributed by atoms with Gasteiger partial charge in [-0.25, -0.2) is 0 Å². The van der Waals surface area contributed by atoms with Crippen LogP contribution in [0.15, 0.2) is 53.7 Å². The SMILES string of the molecule is C=C(C)COc1ccc2ccccc2c1/C(N)=N/O. The lowest BCUT2D eigenvalue weighted by Crippen LogP contribution is -2.16. The van der Waals surface area contributed by atoms with Gasteiger partial charge in [-0.05, 0) is 29.3 Å². The predicted molar refractivity (Wildman–Crippen MR) is 76.8 cm³/mol. The van der Waals surface area contributed by atoms with Crippen LogP contribution in [-0.2, 0) is 0 Å². The summed E-state index contributed by atoms with van der Waals surface area (Å²) in [7, 11) is 0. The highest BCUT2D eigenvalue weighted by Gasteiger charge is 2.13. The summed E-state index contributed by atoms with van der Waals surface area (Å²) in [5, 5.41) is 13.9. The Bertz CT molecular complexity index is 648. The number of fused-ring (bicyclic) bond motifs is 1. The number of hydrogen-bond acceptors (Lipinski definition) is 3. The molecule has 0 atom stereocenters. The van der Waals surface area contributed by atoms with Crippen molar-refractivity contribution in [2.45, 2.75) is 6.92 Å². The number of nitrogens with two attached hydrogens (primary N) is 1. The number of hydrogen-bond donors (Lipinski definition) is 2. The summed E-state index contributed by atoms with van der Waals surface area (Å²) < 4.78 is 5.66. The summed E-state index contributed by atoms with van der Waals surface area (Å²) in [6.07, 6.45) is 0. The van der Waals surface area contributed by atoms with E-state index in [4.69, 9.17) is 15.7 Å². The van der Waals surface area contributed by atoms with Gasteiger partial charge in [-0.1, -0.05) is 42.1 Å². The van der Waals surface area contributed by atoms with Crippen molar-refractivity contribution in [2.75, 3.05) is 6.61 Å². The zero-order valence-corrected chi connectivity index (χ0v) is 10.8. The van der Waals surface area contributed by atoms with Gasteiger partial charge in [0.2, 0.25) is 0 Å². The van der Waals surface area contributed by atoms with E-state index in [1.54, 1.807) is 0 Å². The molecule has 0 aliphatic rings. The number of benzene rings is 2. The van der Waals surface area contributed by atoms with Crippen molar-refractivity contribution < 1.29 is 9.94 Å². The maximum Gasteiger partial charge on any atom is 0.174 e. The van der Waals surface area contributed by atoms with Gasteiger partial charge in [-0.3, -0.25) is 0 Å². The zero-order valence-electron chi connectivity index (χ0n) is 10.8. The Morgan fingerprint density at radius 2 is 2.05 bits per heavy atom. The van der Waals surface area contributed by atoms with E-state index in [2.05, 4.69) is 11.7 Å². The Labute approximate surface area is 111 Å². The maximum absolute atomic E-state index is 8.94. The van der Waals surface area contributed by atoms with Crippen LogP contribution in [0, 0.1) is 0 Å².